The highest BCUT2D eigenvalue weighted by atomic mass is 35.5. The largest absolute Gasteiger partial charge is 0.478 e. The van der Waals surface area contributed by atoms with Crippen molar-refractivity contribution in [3.63, 3.8) is 0 Å². The lowest BCUT2D eigenvalue weighted by atomic mass is 9.94. The van der Waals surface area contributed by atoms with Gasteiger partial charge in [0, 0.05) is 23.8 Å². The molecule has 8 heteroatoms. The second kappa shape index (κ2) is 8.75. The van der Waals surface area contributed by atoms with E-state index < -0.39 is 17.7 Å². The van der Waals surface area contributed by atoms with Gasteiger partial charge in [-0.05, 0) is 59.5 Å². The maximum atomic E-state index is 13.5. The van der Waals surface area contributed by atoms with Crippen molar-refractivity contribution < 1.29 is 23.1 Å². The lowest BCUT2D eigenvalue weighted by molar-refractivity contribution is -0.136. The molecule has 1 heterocycles. The van der Waals surface area contributed by atoms with E-state index in [4.69, 9.17) is 16.7 Å². The highest BCUT2D eigenvalue weighted by Crippen LogP contribution is 2.38. The number of aromatic carboxylic acids is 1. The fraction of sp³-hybridized carbons (Fsp3) is 0.120. The van der Waals surface area contributed by atoms with E-state index in [0.717, 1.165) is 22.8 Å². The Bertz CT molecular complexity index is 1370. The zero-order valence-electron chi connectivity index (χ0n) is 17.4. The number of hydrogen-bond acceptors (Lipinski definition) is 3. The van der Waals surface area contributed by atoms with Crippen LogP contribution in [-0.2, 0) is 12.7 Å². The van der Waals surface area contributed by atoms with Crippen molar-refractivity contribution in [3.05, 3.63) is 94.1 Å². The molecule has 3 aromatic carbocycles. The van der Waals surface area contributed by atoms with E-state index in [9.17, 15) is 18.0 Å². The number of rotatable bonds is 5. The van der Waals surface area contributed by atoms with Crippen LogP contribution in [0, 0.1) is 6.92 Å². The average molecular weight is 471 g/mol. The van der Waals surface area contributed by atoms with Crippen LogP contribution in [0.1, 0.15) is 27.0 Å². The number of carbonyl (C=O) groups is 1. The van der Waals surface area contributed by atoms with E-state index in [1.165, 1.54) is 24.4 Å². The van der Waals surface area contributed by atoms with Crippen LogP contribution in [0.5, 0.6) is 0 Å². The molecular weight excluding hydrogens is 453 g/mol. The Kier molecular flexibility index (Phi) is 5.99. The summed E-state index contributed by atoms with van der Waals surface area (Å²) in [5.41, 5.74) is 2.95. The van der Waals surface area contributed by atoms with Gasteiger partial charge in [-0.25, -0.2) is 4.79 Å². The Morgan fingerprint density at radius 1 is 1.09 bits per heavy atom. The van der Waals surface area contributed by atoms with Gasteiger partial charge in [0.15, 0.2) is 0 Å². The molecule has 4 nitrogen and oxygen atoms in total. The van der Waals surface area contributed by atoms with E-state index in [0.29, 0.717) is 23.2 Å². The van der Waals surface area contributed by atoms with E-state index in [1.54, 1.807) is 12.1 Å². The van der Waals surface area contributed by atoms with Crippen LogP contribution >= 0.6 is 11.6 Å². The molecule has 33 heavy (non-hydrogen) atoms. The maximum Gasteiger partial charge on any atom is 0.418 e. The number of nitrogens with one attached hydrogen (secondary N) is 1. The molecule has 0 fully saturated rings. The average Bonchev–Trinajstić information content (AvgIpc) is 2.76. The van der Waals surface area contributed by atoms with Crippen LogP contribution in [0.4, 0.5) is 18.9 Å². The lowest BCUT2D eigenvalue weighted by Crippen LogP contribution is -2.07. The predicted molar refractivity (Wildman–Crippen MR) is 123 cm³/mol. The van der Waals surface area contributed by atoms with Crippen molar-refractivity contribution in [2.45, 2.75) is 19.6 Å². The summed E-state index contributed by atoms with van der Waals surface area (Å²) < 4.78 is 40.5. The van der Waals surface area contributed by atoms with Gasteiger partial charge in [-0.1, -0.05) is 41.9 Å². The molecule has 0 aliphatic heterocycles. The van der Waals surface area contributed by atoms with E-state index in [2.05, 4.69) is 10.3 Å². The van der Waals surface area contributed by atoms with Crippen molar-refractivity contribution in [2.75, 3.05) is 5.32 Å². The third-order valence-electron chi connectivity index (χ3n) is 5.30. The molecule has 0 aliphatic carbocycles. The highest BCUT2D eigenvalue weighted by molar-refractivity contribution is 6.33. The van der Waals surface area contributed by atoms with Gasteiger partial charge in [0.1, 0.15) is 0 Å². The van der Waals surface area contributed by atoms with Gasteiger partial charge in [-0.3, -0.25) is 4.98 Å². The molecule has 0 unspecified atom stereocenters. The fourth-order valence-corrected chi connectivity index (χ4v) is 4.04. The summed E-state index contributed by atoms with van der Waals surface area (Å²) in [5, 5.41) is 12.8. The standard InChI is InChI=1S/C25H18ClF3N2O2/c1-14-12-31-23-19(6-3-7-20(23)25(27,28)29)22(14)16-5-2-4-15(10-16)13-30-17-8-9-18(24(32)33)21(26)11-17/h2-12,30H,13H2,1H3,(H,32,33). The highest BCUT2D eigenvalue weighted by Gasteiger charge is 2.33. The Morgan fingerprint density at radius 2 is 1.85 bits per heavy atom. The van der Waals surface area contributed by atoms with Gasteiger partial charge in [0.05, 0.1) is 21.7 Å². The molecule has 4 rings (SSSR count). The third kappa shape index (κ3) is 4.64. The molecule has 4 aromatic rings. The number of pyridine rings is 1. The number of fused-ring (bicyclic) bond motifs is 1. The van der Waals surface area contributed by atoms with Crippen LogP contribution < -0.4 is 5.32 Å². The van der Waals surface area contributed by atoms with Crippen LogP contribution in [0.15, 0.2) is 66.9 Å². The number of para-hydroxylation sites is 1. The van der Waals surface area contributed by atoms with Crippen LogP contribution in [0.2, 0.25) is 5.02 Å². The number of benzene rings is 3. The maximum absolute atomic E-state index is 13.5. The second-order valence-electron chi connectivity index (χ2n) is 7.57. The number of alkyl halides is 3. The third-order valence-corrected chi connectivity index (χ3v) is 5.62. The molecule has 0 atom stereocenters. The molecule has 1 aromatic heterocycles. The van der Waals surface area contributed by atoms with Crippen LogP contribution in [0.25, 0.3) is 22.0 Å². The van der Waals surface area contributed by atoms with Crippen molar-refractivity contribution in [3.8, 4) is 11.1 Å². The minimum Gasteiger partial charge on any atom is -0.478 e. The number of halogens is 4. The van der Waals surface area contributed by atoms with E-state index >= 15 is 0 Å². The Balaban J connectivity index is 1.68. The van der Waals surface area contributed by atoms with Gasteiger partial charge in [0.2, 0.25) is 0 Å². The molecule has 0 spiro atoms. The Hall–Kier alpha value is -3.58. The monoisotopic (exact) mass is 470 g/mol. The quantitative estimate of drug-likeness (QED) is 0.324. The SMILES string of the molecule is Cc1cnc2c(C(F)(F)F)cccc2c1-c1cccc(CNc2ccc(C(=O)O)c(Cl)c2)c1. The van der Waals surface area contributed by atoms with Gasteiger partial charge >= 0.3 is 12.1 Å². The van der Waals surface area contributed by atoms with E-state index in [1.807, 2.05) is 31.2 Å². The number of carboxylic acids is 1. The number of nitrogens with zero attached hydrogens (tertiary/aromatic N) is 1. The van der Waals surface area contributed by atoms with Crippen LogP contribution in [0.3, 0.4) is 0 Å². The molecule has 0 saturated carbocycles. The zero-order chi connectivity index (χ0) is 23.8. The summed E-state index contributed by atoms with van der Waals surface area (Å²) in [7, 11) is 0. The zero-order valence-corrected chi connectivity index (χ0v) is 18.1. The molecular formula is C25H18ClF3N2O2. The number of aromatic nitrogens is 1. The van der Waals surface area contributed by atoms with Crippen molar-refractivity contribution >= 4 is 34.2 Å². The van der Waals surface area contributed by atoms with E-state index in [-0.39, 0.29) is 16.1 Å². The van der Waals surface area contributed by atoms with Crippen LogP contribution in [-0.4, -0.2) is 16.1 Å². The Labute approximate surface area is 192 Å². The molecule has 0 aliphatic rings. The van der Waals surface area contributed by atoms with Crippen molar-refractivity contribution in [1.29, 1.82) is 0 Å². The van der Waals surface area contributed by atoms with Gasteiger partial charge < -0.3 is 10.4 Å². The first-order chi connectivity index (χ1) is 15.6. The molecule has 168 valence electrons. The number of aryl methyl sites for hydroxylation is 1. The summed E-state index contributed by atoms with van der Waals surface area (Å²) in [4.78, 5) is 15.2. The minimum atomic E-state index is -4.50. The molecule has 0 radical (unpaired) electrons. The minimum absolute atomic E-state index is 0.0162. The van der Waals surface area contributed by atoms with Gasteiger partial charge in [0.25, 0.3) is 0 Å². The fourth-order valence-electron chi connectivity index (χ4n) is 3.77. The van der Waals surface area contributed by atoms with Crippen molar-refractivity contribution in [1.82, 2.24) is 4.98 Å². The predicted octanol–water partition coefficient (Wildman–Crippen LogP) is 7.19. The second-order valence-corrected chi connectivity index (χ2v) is 7.98. The first-order valence-electron chi connectivity index (χ1n) is 9.96. The summed E-state index contributed by atoms with van der Waals surface area (Å²) in [6.45, 7) is 2.23. The van der Waals surface area contributed by atoms with Gasteiger partial charge in [-0.15, -0.1) is 0 Å². The number of hydrogen-bond donors (Lipinski definition) is 2. The summed E-state index contributed by atoms with van der Waals surface area (Å²) in [5.74, 6) is -1.10. The van der Waals surface area contributed by atoms with Crippen molar-refractivity contribution in [2.24, 2.45) is 0 Å². The number of anilines is 1. The lowest BCUT2D eigenvalue weighted by Gasteiger charge is -2.15. The Morgan fingerprint density at radius 3 is 2.55 bits per heavy atom. The molecule has 0 amide bonds. The molecule has 0 bridgehead atoms. The number of carboxylic acid groups (broad SMARTS) is 1. The first-order valence-corrected chi connectivity index (χ1v) is 10.3. The molecule has 0 saturated heterocycles. The summed E-state index contributed by atoms with van der Waals surface area (Å²) in [6.07, 6.45) is -3.04. The normalized spacial score (nSPS) is 11.5. The summed E-state index contributed by atoms with van der Waals surface area (Å²) in [6, 6.07) is 16.2. The molecule has 2 N–H and O–H groups in total. The smallest absolute Gasteiger partial charge is 0.418 e. The summed E-state index contributed by atoms with van der Waals surface area (Å²) >= 11 is 6.02. The van der Waals surface area contributed by atoms with Gasteiger partial charge in [-0.2, -0.15) is 13.2 Å². The topological polar surface area (TPSA) is 62.2 Å². The first kappa shape index (κ1) is 22.6.